The molecular formula is C26H31N3O3. The Kier molecular flexibility index (Phi) is 4.53. The third-order valence-corrected chi connectivity index (χ3v) is 8.38. The fourth-order valence-electron chi connectivity index (χ4n) is 6.81. The first-order chi connectivity index (χ1) is 15.5. The van der Waals surface area contributed by atoms with Crippen molar-refractivity contribution in [1.29, 1.82) is 0 Å². The molecule has 2 saturated carbocycles. The number of nitrogens with zero attached hydrogens (tertiary/aromatic N) is 1. The molecule has 6 heteroatoms. The van der Waals surface area contributed by atoms with Gasteiger partial charge in [-0.05, 0) is 86.4 Å². The lowest BCUT2D eigenvalue weighted by molar-refractivity contribution is -0.131. The Balaban J connectivity index is 1.31. The average Bonchev–Trinajstić information content (AvgIpc) is 3.52. The largest absolute Gasteiger partial charge is 0.508 e. The lowest BCUT2D eigenvalue weighted by Gasteiger charge is -2.59. The molecule has 1 saturated heterocycles. The molecule has 0 spiro atoms. The van der Waals surface area contributed by atoms with E-state index in [1.807, 2.05) is 42.5 Å². The smallest absolute Gasteiger partial charge is 0.319 e. The zero-order valence-corrected chi connectivity index (χ0v) is 18.3. The lowest BCUT2D eigenvalue weighted by atomic mass is 9.56. The summed E-state index contributed by atoms with van der Waals surface area (Å²) in [4.78, 5) is 15.2. The topological polar surface area (TPSA) is 84.8 Å². The summed E-state index contributed by atoms with van der Waals surface area (Å²) in [5, 5.41) is 28.6. The summed E-state index contributed by atoms with van der Waals surface area (Å²) in [7, 11) is 0. The van der Waals surface area contributed by atoms with E-state index >= 15 is 0 Å². The molecule has 2 bridgehead atoms. The van der Waals surface area contributed by atoms with E-state index in [1.54, 1.807) is 6.07 Å². The number of likely N-dealkylation sites (tertiary alicyclic amines) is 1. The molecule has 1 heterocycles. The van der Waals surface area contributed by atoms with Crippen molar-refractivity contribution in [2.45, 2.75) is 61.6 Å². The summed E-state index contributed by atoms with van der Waals surface area (Å²) in [6.45, 7) is 2.02. The third kappa shape index (κ3) is 3.11. The number of aliphatic hydroxyl groups is 1. The van der Waals surface area contributed by atoms with Crippen LogP contribution in [0.15, 0.2) is 48.5 Å². The van der Waals surface area contributed by atoms with Crippen LogP contribution in [0, 0.1) is 5.92 Å². The van der Waals surface area contributed by atoms with Gasteiger partial charge in [0.25, 0.3) is 0 Å². The molecule has 4 atom stereocenters. The first-order valence-electron chi connectivity index (χ1n) is 11.9. The van der Waals surface area contributed by atoms with E-state index in [0.717, 1.165) is 43.1 Å². The maximum absolute atomic E-state index is 12.7. The monoisotopic (exact) mass is 433 g/mol. The number of urea groups is 1. The number of piperidine rings is 1. The van der Waals surface area contributed by atoms with Gasteiger partial charge in [0.05, 0.1) is 5.60 Å². The number of anilines is 1. The Morgan fingerprint density at radius 3 is 2.72 bits per heavy atom. The van der Waals surface area contributed by atoms with E-state index in [0.29, 0.717) is 12.8 Å². The van der Waals surface area contributed by atoms with Crippen LogP contribution in [0.5, 0.6) is 5.75 Å². The van der Waals surface area contributed by atoms with Crippen LogP contribution in [0.25, 0.3) is 0 Å². The van der Waals surface area contributed by atoms with Gasteiger partial charge in [-0.2, -0.15) is 0 Å². The number of phenols is 1. The molecule has 0 radical (unpaired) electrons. The standard InChI is InChI=1S/C26H31N3O3/c30-21-9-8-18-12-23-26(32)15-20(28-24(31)27-19-4-2-1-3-5-19)14-25(26,22(18)13-21)10-11-29(23)16-17-6-7-17/h1-5,8-9,13,17,20,23,30,32H,6-7,10-12,14-16H2,(H2,27,28,31). The fraction of sp³-hybridized carbons (Fsp3) is 0.500. The SMILES string of the molecule is O=C(Nc1ccccc1)NC1CC23CCN(CC4CC4)C(Cc4ccc(O)cc42)C3(O)C1. The normalized spacial score (nSPS) is 33.3. The van der Waals surface area contributed by atoms with E-state index in [2.05, 4.69) is 15.5 Å². The van der Waals surface area contributed by atoms with Crippen molar-refractivity contribution in [3.63, 3.8) is 0 Å². The van der Waals surface area contributed by atoms with Crippen LogP contribution >= 0.6 is 0 Å². The second-order valence-corrected chi connectivity index (χ2v) is 10.3. The second-order valence-electron chi connectivity index (χ2n) is 10.3. The molecule has 4 N–H and O–H groups in total. The number of aromatic hydroxyl groups is 1. The zero-order valence-electron chi connectivity index (χ0n) is 18.3. The number of amides is 2. The molecule has 168 valence electrons. The highest BCUT2D eigenvalue weighted by molar-refractivity contribution is 5.89. The number of benzene rings is 2. The molecule has 4 unspecified atom stereocenters. The van der Waals surface area contributed by atoms with Gasteiger partial charge in [-0.1, -0.05) is 24.3 Å². The van der Waals surface area contributed by atoms with Crippen molar-refractivity contribution in [1.82, 2.24) is 10.2 Å². The van der Waals surface area contributed by atoms with Gasteiger partial charge in [-0.25, -0.2) is 4.79 Å². The van der Waals surface area contributed by atoms with Crippen molar-refractivity contribution < 1.29 is 15.0 Å². The van der Waals surface area contributed by atoms with Crippen molar-refractivity contribution >= 4 is 11.7 Å². The Bertz CT molecular complexity index is 1040. The van der Waals surface area contributed by atoms with Gasteiger partial charge >= 0.3 is 6.03 Å². The maximum Gasteiger partial charge on any atom is 0.319 e. The van der Waals surface area contributed by atoms with Crippen molar-refractivity contribution in [2.75, 3.05) is 18.4 Å². The number of nitrogens with one attached hydrogen (secondary N) is 2. The van der Waals surface area contributed by atoms with Crippen molar-refractivity contribution in [2.24, 2.45) is 5.92 Å². The van der Waals surface area contributed by atoms with Crippen LogP contribution in [0.4, 0.5) is 10.5 Å². The molecule has 3 fully saturated rings. The predicted octanol–water partition coefficient (Wildman–Crippen LogP) is 3.39. The van der Waals surface area contributed by atoms with E-state index in [-0.39, 0.29) is 23.9 Å². The molecule has 0 aromatic heterocycles. The molecule has 3 aliphatic carbocycles. The Morgan fingerprint density at radius 2 is 1.94 bits per heavy atom. The number of para-hydroxylation sites is 1. The number of fused-ring (bicyclic) bond motifs is 1. The maximum atomic E-state index is 12.7. The molecule has 4 aliphatic rings. The number of hydrogen-bond acceptors (Lipinski definition) is 4. The highest BCUT2D eigenvalue weighted by atomic mass is 16.3. The summed E-state index contributed by atoms with van der Waals surface area (Å²) >= 11 is 0. The first-order valence-corrected chi connectivity index (χ1v) is 11.9. The van der Waals surface area contributed by atoms with E-state index in [9.17, 15) is 15.0 Å². The van der Waals surface area contributed by atoms with E-state index in [4.69, 9.17) is 0 Å². The molecular weight excluding hydrogens is 402 g/mol. The van der Waals surface area contributed by atoms with Crippen molar-refractivity contribution in [3.8, 4) is 5.75 Å². The number of rotatable bonds is 4. The molecule has 6 rings (SSSR count). The second kappa shape index (κ2) is 7.22. The summed E-state index contributed by atoms with van der Waals surface area (Å²) < 4.78 is 0. The highest BCUT2D eigenvalue weighted by Gasteiger charge is 2.67. The van der Waals surface area contributed by atoms with Crippen LogP contribution in [0.1, 0.15) is 43.2 Å². The molecule has 6 nitrogen and oxygen atoms in total. The number of carbonyl (C=O) groups is 1. The van der Waals surface area contributed by atoms with Gasteiger partial charge in [0, 0.05) is 29.7 Å². The highest BCUT2D eigenvalue weighted by Crippen LogP contribution is 2.60. The quantitative estimate of drug-likeness (QED) is 0.596. The van der Waals surface area contributed by atoms with Gasteiger partial charge in [-0.15, -0.1) is 0 Å². The zero-order chi connectivity index (χ0) is 21.9. The summed E-state index contributed by atoms with van der Waals surface area (Å²) in [5.41, 5.74) is 1.71. The van der Waals surface area contributed by atoms with Crippen LogP contribution < -0.4 is 10.6 Å². The van der Waals surface area contributed by atoms with E-state index < -0.39 is 11.0 Å². The fourth-order valence-corrected chi connectivity index (χ4v) is 6.81. The molecule has 1 aliphatic heterocycles. The average molecular weight is 434 g/mol. The molecule has 2 aromatic rings. The van der Waals surface area contributed by atoms with Crippen LogP contribution in [0.2, 0.25) is 0 Å². The summed E-state index contributed by atoms with van der Waals surface area (Å²) in [6, 6.07) is 14.8. The van der Waals surface area contributed by atoms with Crippen LogP contribution in [-0.4, -0.2) is 51.9 Å². The Labute approximate surface area is 188 Å². The predicted molar refractivity (Wildman–Crippen MR) is 123 cm³/mol. The number of phenolic OH excluding ortho intramolecular Hbond substituents is 1. The Hall–Kier alpha value is -2.57. The minimum atomic E-state index is -0.911. The summed E-state index contributed by atoms with van der Waals surface area (Å²) in [5.74, 6) is 1.01. The first kappa shape index (κ1) is 20.1. The van der Waals surface area contributed by atoms with Crippen molar-refractivity contribution in [3.05, 3.63) is 59.7 Å². The number of carbonyl (C=O) groups excluding carboxylic acids is 1. The van der Waals surface area contributed by atoms with E-state index in [1.165, 1.54) is 18.4 Å². The lowest BCUT2D eigenvalue weighted by Crippen LogP contribution is -2.69. The van der Waals surface area contributed by atoms with Crippen LogP contribution in [0.3, 0.4) is 0 Å². The Morgan fingerprint density at radius 1 is 1.12 bits per heavy atom. The van der Waals surface area contributed by atoms with Crippen LogP contribution in [-0.2, 0) is 11.8 Å². The number of hydrogen-bond donors (Lipinski definition) is 4. The van der Waals surface area contributed by atoms with Gasteiger partial charge in [0.2, 0.25) is 0 Å². The minimum Gasteiger partial charge on any atom is -0.508 e. The molecule has 32 heavy (non-hydrogen) atoms. The minimum absolute atomic E-state index is 0.0536. The third-order valence-electron chi connectivity index (χ3n) is 8.38. The van der Waals surface area contributed by atoms with Gasteiger partial charge in [0.15, 0.2) is 0 Å². The molecule has 2 aromatic carbocycles. The van der Waals surface area contributed by atoms with Gasteiger partial charge in [-0.3, -0.25) is 4.90 Å². The van der Waals surface area contributed by atoms with Gasteiger partial charge in [0.1, 0.15) is 5.75 Å². The molecule has 2 amide bonds. The summed E-state index contributed by atoms with van der Waals surface area (Å²) in [6.07, 6.45) is 5.46. The van der Waals surface area contributed by atoms with Gasteiger partial charge < -0.3 is 20.8 Å².